The molecule has 0 spiro atoms. The standard InChI is InChI=1S/C22H24N4O6/c1-31-19-7-6-17(13-20(19)32-2)22(28)25-10-8-16(9-11-25)21(27)24-23-14-15-4-3-5-18(12-15)26(29)30/h3-7,12-14,16H,8-11H2,1-2H3,(H,24,27)/b23-14-. The number of nitro benzene ring substituents is 1. The molecule has 0 saturated carbocycles. The molecule has 0 radical (unpaired) electrons. The molecule has 1 saturated heterocycles. The second-order valence-corrected chi connectivity index (χ2v) is 7.22. The maximum absolute atomic E-state index is 12.8. The van der Waals surface area contributed by atoms with Crippen molar-refractivity contribution in [2.75, 3.05) is 27.3 Å². The number of non-ortho nitro benzene ring substituents is 1. The summed E-state index contributed by atoms with van der Waals surface area (Å²) in [6.45, 7) is 0.889. The van der Waals surface area contributed by atoms with Crippen molar-refractivity contribution in [1.82, 2.24) is 10.3 Å². The molecule has 10 nitrogen and oxygen atoms in total. The Morgan fingerprint density at radius 3 is 2.50 bits per heavy atom. The summed E-state index contributed by atoms with van der Waals surface area (Å²) in [7, 11) is 3.04. The lowest BCUT2D eigenvalue weighted by Gasteiger charge is -2.31. The van der Waals surface area contributed by atoms with Crippen molar-refractivity contribution in [2.45, 2.75) is 12.8 Å². The van der Waals surface area contributed by atoms with Gasteiger partial charge in [-0.1, -0.05) is 12.1 Å². The van der Waals surface area contributed by atoms with Gasteiger partial charge in [0.2, 0.25) is 5.91 Å². The molecule has 0 unspecified atom stereocenters. The van der Waals surface area contributed by atoms with Gasteiger partial charge in [-0.15, -0.1) is 0 Å². The summed E-state index contributed by atoms with van der Waals surface area (Å²) in [4.78, 5) is 37.2. The SMILES string of the molecule is COc1ccc(C(=O)N2CCC(C(=O)N/N=C\c3cccc([N+](=O)[O-])c3)CC2)cc1OC. The maximum Gasteiger partial charge on any atom is 0.270 e. The van der Waals surface area contributed by atoms with Gasteiger partial charge in [-0.05, 0) is 31.0 Å². The lowest BCUT2D eigenvalue weighted by molar-refractivity contribution is -0.384. The third-order valence-electron chi connectivity index (χ3n) is 5.25. The summed E-state index contributed by atoms with van der Waals surface area (Å²) in [5.74, 6) is 0.379. The van der Waals surface area contributed by atoms with E-state index in [0.29, 0.717) is 48.6 Å². The molecule has 168 valence electrons. The Bertz CT molecular complexity index is 1030. The predicted molar refractivity (Wildman–Crippen MR) is 117 cm³/mol. The van der Waals surface area contributed by atoms with E-state index in [1.54, 1.807) is 35.2 Å². The van der Waals surface area contributed by atoms with Crippen molar-refractivity contribution in [2.24, 2.45) is 11.0 Å². The number of hydrogen-bond donors (Lipinski definition) is 1. The first-order valence-corrected chi connectivity index (χ1v) is 10.0. The number of hydrogen-bond acceptors (Lipinski definition) is 7. The van der Waals surface area contributed by atoms with E-state index >= 15 is 0 Å². The van der Waals surface area contributed by atoms with Gasteiger partial charge in [-0.2, -0.15) is 5.10 Å². The fourth-order valence-electron chi connectivity index (χ4n) is 3.48. The summed E-state index contributed by atoms with van der Waals surface area (Å²) in [5, 5.41) is 14.7. The van der Waals surface area contributed by atoms with Gasteiger partial charge in [0.1, 0.15) is 0 Å². The van der Waals surface area contributed by atoms with Crippen LogP contribution in [0, 0.1) is 16.0 Å². The Hall–Kier alpha value is -3.95. The van der Waals surface area contributed by atoms with E-state index in [2.05, 4.69) is 10.5 Å². The Balaban J connectivity index is 1.53. The number of nitrogens with zero attached hydrogens (tertiary/aromatic N) is 3. The highest BCUT2D eigenvalue weighted by molar-refractivity contribution is 5.95. The van der Waals surface area contributed by atoms with Gasteiger partial charge >= 0.3 is 0 Å². The number of carbonyl (C=O) groups excluding carboxylic acids is 2. The van der Waals surface area contributed by atoms with Crippen LogP contribution in [0.3, 0.4) is 0 Å². The number of carbonyl (C=O) groups is 2. The first kappa shape index (κ1) is 22.7. The first-order chi connectivity index (χ1) is 15.4. The van der Waals surface area contributed by atoms with Gasteiger partial charge in [0.15, 0.2) is 11.5 Å². The highest BCUT2D eigenvalue weighted by Crippen LogP contribution is 2.29. The van der Waals surface area contributed by atoms with Gasteiger partial charge in [-0.25, -0.2) is 5.43 Å². The molecule has 1 aliphatic rings. The van der Waals surface area contributed by atoms with E-state index < -0.39 is 4.92 Å². The molecule has 1 aliphatic heterocycles. The second kappa shape index (κ2) is 10.4. The number of amides is 2. The Labute approximate surface area is 185 Å². The summed E-state index contributed by atoms with van der Waals surface area (Å²) in [5.41, 5.74) is 3.43. The van der Waals surface area contributed by atoms with Crippen LogP contribution in [0.1, 0.15) is 28.8 Å². The molecule has 3 rings (SSSR count). The molecule has 1 N–H and O–H groups in total. The van der Waals surface area contributed by atoms with E-state index in [1.165, 1.54) is 32.6 Å². The highest BCUT2D eigenvalue weighted by atomic mass is 16.6. The van der Waals surface area contributed by atoms with Crippen molar-refractivity contribution >= 4 is 23.7 Å². The lowest BCUT2D eigenvalue weighted by atomic mass is 9.95. The molecule has 32 heavy (non-hydrogen) atoms. The lowest BCUT2D eigenvalue weighted by Crippen LogP contribution is -2.42. The maximum atomic E-state index is 12.8. The first-order valence-electron chi connectivity index (χ1n) is 10.0. The van der Waals surface area contributed by atoms with Crippen molar-refractivity contribution in [3.63, 3.8) is 0 Å². The summed E-state index contributed by atoms with van der Waals surface area (Å²) in [6, 6.07) is 11.0. The van der Waals surface area contributed by atoms with Crippen molar-refractivity contribution in [1.29, 1.82) is 0 Å². The molecule has 0 aliphatic carbocycles. The highest BCUT2D eigenvalue weighted by Gasteiger charge is 2.28. The summed E-state index contributed by atoms with van der Waals surface area (Å²) in [6.07, 6.45) is 2.38. The van der Waals surface area contributed by atoms with E-state index in [0.717, 1.165) is 0 Å². The number of benzene rings is 2. The Morgan fingerprint density at radius 1 is 1.12 bits per heavy atom. The minimum Gasteiger partial charge on any atom is -0.493 e. The normalized spacial score (nSPS) is 14.2. The van der Waals surface area contributed by atoms with Crippen LogP contribution >= 0.6 is 0 Å². The number of nitro groups is 1. The van der Waals surface area contributed by atoms with Crippen LogP contribution in [0.15, 0.2) is 47.6 Å². The topological polar surface area (TPSA) is 123 Å². The van der Waals surface area contributed by atoms with Gasteiger partial charge in [-0.3, -0.25) is 19.7 Å². The van der Waals surface area contributed by atoms with Gasteiger partial charge < -0.3 is 14.4 Å². The van der Waals surface area contributed by atoms with Gasteiger partial charge in [0, 0.05) is 42.3 Å². The Kier molecular flexibility index (Phi) is 7.37. The van der Waals surface area contributed by atoms with E-state index in [4.69, 9.17) is 9.47 Å². The van der Waals surface area contributed by atoms with Crippen LogP contribution in [0.5, 0.6) is 11.5 Å². The van der Waals surface area contributed by atoms with E-state index in [9.17, 15) is 19.7 Å². The Morgan fingerprint density at radius 2 is 1.84 bits per heavy atom. The summed E-state index contributed by atoms with van der Waals surface area (Å²) >= 11 is 0. The molecule has 0 atom stereocenters. The molecule has 0 aromatic heterocycles. The minimum atomic E-state index is -0.493. The van der Waals surface area contributed by atoms with E-state index in [1.807, 2.05) is 0 Å². The largest absolute Gasteiger partial charge is 0.493 e. The number of ether oxygens (including phenoxy) is 2. The fourth-order valence-corrected chi connectivity index (χ4v) is 3.48. The van der Waals surface area contributed by atoms with Crippen LogP contribution in [0.25, 0.3) is 0 Å². The van der Waals surface area contributed by atoms with Crippen LogP contribution in [0.2, 0.25) is 0 Å². The van der Waals surface area contributed by atoms with Crippen LogP contribution in [-0.4, -0.2) is 55.2 Å². The zero-order valence-electron chi connectivity index (χ0n) is 17.8. The third kappa shape index (κ3) is 5.39. The number of likely N-dealkylation sites (tertiary alicyclic amines) is 1. The van der Waals surface area contributed by atoms with Crippen molar-refractivity contribution in [3.8, 4) is 11.5 Å². The molecule has 0 bridgehead atoms. The molecule has 2 aromatic carbocycles. The second-order valence-electron chi connectivity index (χ2n) is 7.22. The quantitative estimate of drug-likeness (QED) is 0.401. The molecule has 10 heteroatoms. The molecule has 1 heterocycles. The molecular weight excluding hydrogens is 416 g/mol. The zero-order chi connectivity index (χ0) is 23.1. The minimum absolute atomic E-state index is 0.0493. The van der Waals surface area contributed by atoms with Crippen molar-refractivity contribution in [3.05, 3.63) is 63.7 Å². The number of nitrogens with one attached hydrogen (secondary N) is 1. The van der Waals surface area contributed by atoms with Crippen LogP contribution in [0.4, 0.5) is 5.69 Å². The number of piperidine rings is 1. The number of methoxy groups -OCH3 is 2. The zero-order valence-corrected chi connectivity index (χ0v) is 17.8. The van der Waals surface area contributed by atoms with E-state index in [-0.39, 0.29) is 23.4 Å². The van der Waals surface area contributed by atoms with Gasteiger partial charge in [0.25, 0.3) is 11.6 Å². The average molecular weight is 440 g/mol. The number of hydrazone groups is 1. The molecule has 1 fully saturated rings. The predicted octanol–water partition coefficient (Wildman–Crippen LogP) is 2.61. The smallest absolute Gasteiger partial charge is 0.270 e. The monoisotopic (exact) mass is 440 g/mol. The van der Waals surface area contributed by atoms with Gasteiger partial charge in [0.05, 0.1) is 25.4 Å². The average Bonchev–Trinajstić information content (AvgIpc) is 2.83. The molecular formula is C22H24N4O6. The number of rotatable bonds is 7. The van der Waals surface area contributed by atoms with Crippen molar-refractivity contribution < 1.29 is 24.0 Å². The molecule has 2 amide bonds. The third-order valence-corrected chi connectivity index (χ3v) is 5.25. The molecule has 2 aromatic rings. The summed E-state index contributed by atoms with van der Waals surface area (Å²) < 4.78 is 10.5. The van der Waals surface area contributed by atoms with Crippen LogP contribution < -0.4 is 14.9 Å². The fraction of sp³-hybridized carbons (Fsp3) is 0.318. The van der Waals surface area contributed by atoms with Crippen LogP contribution in [-0.2, 0) is 4.79 Å².